The maximum Gasteiger partial charge on any atom is 0.125 e. The molecule has 17 heavy (non-hydrogen) atoms. The maximum atomic E-state index is 10.2. The lowest BCUT2D eigenvalue weighted by molar-refractivity contribution is 0.147. The molecule has 0 radical (unpaired) electrons. The Bertz CT molecular complexity index is 588. The Morgan fingerprint density at radius 2 is 1.94 bits per heavy atom. The quantitative estimate of drug-likeness (QED) is 0.917. The molecule has 0 heterocycles. The maximum absolute atomic E-state index is 10.2. The highest BCUT2D eigenvalue weighted by Crippen LogP contribution is 2.49. The van der Waals surface area contributed by atoms with Crippen molar-refractivity contribution in [3.8, 4) is 5.75 Å². The van der Waals surface area contributed by atoms with Crippen LogP contribution in [-0.2, 0) is 5.60 Å². The molecule has 2 aromatic rings. The molecule has 0 spiro atoms. The van der Waals surface area contributed by atoms with E-state index in [9.17, 15) is 5.11 Å². The van der Waals surface area contributed by atoms with E-state index in [1.807, 2.05) is 24.3 Å². The molecular formula is C14H13BrO2. The highest BCUT2D eigenvalue weighted by atomic mass is 79.9. The summed E-state index contributed by atoms with van der Waals surface area (Å²) in [4.78, 5) is 0. The SMILES string of the molecule is COc1cc2ccc(Br)cc2cc1C1(O)CC1. The number of hydrogen-bond acceptors (Lipinski definition) is 2. The standard InChI is InChI=1S/C14H13BrO2/c1-17-13-8-9-2-3-11(15)6-10(9)7-12(13)14(16)4-5-14/h2-3,6-8,16H,4-5H2,1H3. The number of halogens is 1. The third kappa shape index (κ3) is 1.83. The van der Waals surface area contributed by atoms with Gasteiger partial charge in [-0.3, -0.25) is 0 Å². The van der Waals surface area contributed by atoms with Gasteiger partial charge in [-0.25, -0.2) is 0 Å². The molecule has 2 nitrogen and oxygen atoms in total. The first-order chi connectivity index (χ1) is 8.12. The third-order valence-corrected chi connectivity index (χ3v) is 3.84. The number of fused-ring (bicyclic) bond motifs is 1. The van der Waals surface area contributed by atoms with Crippen LogP contribution >= 0.6 is 15.9 Å². The predicted octanol–water partition coefficient (Wildman–Crippen LogP) is 3.59. The lowest BCUT2D eigenvalue weighted by atomic mass is 10.0. The molecule has 1 saturated carbocycles. The molecule has 0 unspecified atom stereocenters. The summed E-state index contributed by atoms with van der Waals surface area (Å²) in [6.45, 7) is 0. The van der Waals surface area contributed by atoms with E-state index in [4.69, 9.17) is 4.74 Å². The van der Waals surface area contributed by atoms with Crippen molar-refractivity contribution < 1.29 is 9.84 Å². The molecule has 1 fully saturated rings. The number of hydrogen-bond donors (Lipinski definition) is 1. The topological polar surface area (TPSA) is 29.5 Å². The third-order valence-electron chi connectivity index (χ3n) is 3.35. The summed E-state index contributed by atoms with van der Waals surface area (Å²) >= 11 is 3.46. The van der Waals surface area contributed by atoms with Crippen molar-refractivity contribution in [3.05, 3.63) is 40.4 Å². The van der Waals surface area contributed by atoms with Gasteiger partial charge in [0.15, 0.2) is 0 Å². The van der Waals surface area contributed by atoms with Gasteiger partial charge in [0, 0.05) is 10.0 Å². The fraction of sp³-hybridized carbons (Fsp3) is 0.286. The second-order valence-electron chi connectivity index (χ2n) is 4.58. The molecule has 0 aliphatic heterocycles. The monoisotopic (exact) mass is 292 g/mol. The minimum absolute atomic E-state index is 0.665. The normalized spacial score (nSPS) is 17.1. The zero-order valence-electron chi connectivity index (χ0n) is 9.53. The van der Waals surface area contributed by atoms with Gasteiger partial charge in [0.05, 0.1) is 12.7 Å². The molecule has 0 aromatic heterocycles. The highest BCUT2D eigenvalue weighted by molar-refractivity contribution is 9.10. The smallest absolute Gasteiger partial charge is 0.125 e. The number of methoxy groups -OCH3 is 1. The van der Waals surface area contributed by atoms with E-state index in [1.165, 1.54) is 0 Å². The summed E-state index contributed by atoms with van der Waals surface area (Å²) in [5.74, 6) is 0.778. The molecule has 88 valence electrons. The van der Waals surface area contributed by atoms with Crippen molar-refractivity contribution in [3.63, 3.8) is 0 Å². The van der Waals surface area contributed by atoms with Gasteiger partial charge in [-0.05, 0) is 47.9 Å². The zero-order valence-corrected chi connectivity index (χ0v) is 11.1. The molecular weight excluding hydrogens is 280 g/mol. The summed E-state index contributed by atoms with van der Waals surface area (Å²) in [6.07, 6.45) is 1.64. The van der Waals surface area contributed by atoms with Crippen LogP contribution < -0.4 is 4.74 Å². The number of ether oxygens (including phenoxy) is 1. The van der Waals surface area contributed by atoms with Crippen molar-refractivity contribution in [1.29, 1.82) is 0 Å². The molecule has 0 bridgehead atoms. The zero-order chi connectivity index (χ0) is 12.0. The van der Waals surface area contributed by atoms with Gasteiger partial charge < -0.3 is 9.84 Å². The molecule has 2 aromatic carbocycles. The average Bonchev–Trinajstić information content (AvgIpc) is 3.07. The fourth-order valence-electron chi connectivity index (χ4n) is 2.17. The van der Waals surface area contributed by atoms with E-state index in [0.29, 0.717) is 0 Å². The Morgan fingerprint density at radius 3 is 2.59 bits per heavy atom. The Labute approximate surface area is 108 Å². The van der Waals surface area contributed by atoms with Crippen LogP contribution in [0.3, 0.4) is 0 Å². The lowest BCUT2D eigenvalue weighted by Gasteiger charge is -2.14. The van der Waals surface area contributed by atoms with E-state index in [1.54, 1.807) is 7.11 Å². The van der Waals surface area contributed by atoms with Gasteiger partial charge >= 0.3 is 0 Å². The first-order valence-corrected chi connectivity index (χ1v) is 6.42. The summed E-state index contributed by atoms with van der Waals surface area (Å²) in [7, 11) is 1.65. The molecule has 3 heteroatoms. The van der Waals surface area contributed by atoms with Gasteiger partial charge in [0.25, 0.3) is 0 Å². The molecule has 1 N–H and O–H groups in total. The van der Waals surface area contributed by atoms with Crippen LogP contribution in [-0.4, -0.2) is 12.2 Å². The summed E-state index contributed by atoms with van der Waals surface area (Å²) in [5.41, 5.74) is 0.243. The van der Waals surface area contributed by atoms with Gasteiger partial charge in [0.2, 0.25) is 0 Å². The number of rotatable bonds is 2. The number of benzene rings is 2. The van der Waals surface area contributed by atoms with Crippen LogP contribution in [0.15, 0.2) is 34.8 Å². The van der Waals surface area contributed by atoms with E-state index in [2.05, 4.69) is 22.0 Å². The lowest BCUT2D eigenvalue weighted by Crippen LogP contribution is -2.06. The van der Waals surface area contributed by atoms with Crippen LogP contribution in [0.25, 0.3) is 10.8 Å². The summed E-state index contributed by atoms with van der Waals surface area (Å²) in [6, 6.07) is 10.1. The Hall–Kier alpha value is -1.06. The highest BCUT2D eigenvalue weighted by Gasteiger charge is 2.44. The van der Waals surface area contributed by atoms with Crippen LogP contribution in [0.5, 0.6) is 5.75 Å². The first kappa shape index (κ1) is 11.1. The Morgan fingerprint density at radius 1 is 1.18 bits per heavy atom. The predicted molar refractivity (Wildman–Crippen MR) is 71.3 cm³/mol. The van der Waals surface area contributed by atoms with Crippen LogP contribution in [0, 0.1) is 0 Å². The second kappa shape index (κ2) is 3.72. The van der Waals surface area contributed by atoms with Crippen LogP contribution in [0.4, 0.5) is 0 Å². The molecule has 0 saturated heterocycles. The molecule has 0 atom stereocenters. The molecule has 3 rings (SSSR count). The van der Waals surface area contributed by atoms with Crippen molar-refractivity contribution in [1.82, 2.24) is 0 Å². The van der Waals surface area contributed by atoms with E-state index in [-0.39, 0.29) is 0 Å². The van der Waals surface area contributed by atoms with Gasteiger partial charge in [-0.2, -0.15) is 0 Å². The van der Waals surface area contributed by atoms with E-state index >= 15 is 0 Å². The minimum atomic E-state index is -0.665. The van der Waals surface area contributed by atoms with Crippen molar-refractivity contribution in [2.45, 2.75) is 18.4 Å². The Balaban J connectivity index is 2.26. The fourth-order valence-corrected chi connectivity index (χ4v) is 2.55. The summed E-state index contributed by atoms with van der Waals surface area (Å²) in [5, 5.41) is 12.5. The van der Waals surface area contributed by atoms with Crippen molar-refractivity contribution in [2.75, 3.05) is 7.11 Å². The average molecular weight is 293 g/mol. The second-order valence-corrected chi connectivity index (χ2v) is 5.49. The minimum Gasteiger partial charge on any atom is -0.496 e. The van der Waals surface area contributed by atoms with E-state index in [0.717, 1.165) is 39.4 Å². The van der Waals surface area contributed by atoms with Crippen LogP contribution in [0.1, 0.15) is 18.4 Å². The van der Waals surface area contributed by atoms with Crippen molar-refractivity contribution >= 4 is 26.7 Å². The molecule has 1 aliphatic carbocycles. The van der Waals surface area contributed by atoms with Gasteiger partial charge in [-0.1, -0.05) is 22.0 Å². The van der Waals surface area contributed by atoms with Gasteiger partial charge in [-0.15, -0.1) is 0 Å². The van der Waals surface area contributed by atoms with E-state index < -0.39 is 5.60 Å². The first-order valence-electron chi connectivity index (χ1n) is 5.62. The Kier molecular flexibility index (Phi) is 2.42. The molecule has 0 amide bonds. The van der Waals surface area contributed by atoms with Crippen LogP contribution in [0.2, 0.25) is 0 Å². The number of aliphatic hydroxyl groups is 1. The van der Waals surface area contributed by atoms with Crippen molar-refractivity contribution in [2.24, 2.45) is 0 Å². The largest absolute Gasteiger partial charge is 0.496 e. The van der Waals surface area contributed by atoms with Gasteiger partial charge in [0.1, 0.15) is 5.75 Å². The summed E-state index contributed by atoms with van der Waals surface area (Å²) < 4.78 is 6.42. The molecule has 1 aliphatic rings.